The van der Waals surface area contributed by atoms with Gasteiger partial charge < -0.3 is 5.32 Å². The van der Waals surface area contributed by atoms with Gasteiger partial charge in [-0.2, -0.15) is 0 Å². The van der Waals surface area contributed by atoms with E-state index in [-0.39, 0.29) is 0 Å². The summed E-state index contributed by atoms with van der Waals surface area (Å²) in [5.41, 5.74) is 2.22. The minimum atomic E-state index is -3.36. The predicted octanol–water partition coefficient (Wildman–Crippen LogP) is 3.23. The monoisotopic (exact) mass is 324 g/mol. The minimum absolute atomic E-state index is 0.306. The maximum Gasteiger partial charge on any atom is 0.242 e. The van der Waals surface area contributed by atoms with Crippen LogP contribution in [0.25, 0.3) is 0 Å². The standard InChI is InChI=1S/C15H20N2O2S2/c1-11-9-14(20-12(11)2)10-16-13-5-7-15(8-6-13)21(18,19)17(3)4/h5-9,16H,10H2,1-4H3. The fourth-order valence-electron chi connectivity index (χ4n) is 1.88. The highest BCUT2D eigenvalue weighted by atomic mass is 32.2. The second-order valence-corrected chi connectivity index (χ2v) is 8.61. The Morgan fingerprint density at radius 3 is 2.24 bits per heavy atom. The lowest BCUT2D eigenvalue weighted by molar-refractivity contribution is 0.521. The fourth-order valence-corrected chi connectivity index (χ4v) is 3.78. The van der Waals surface area contributed by atoms with Crippen molar-refractivity contribution in [1.82, 2.24) is 4.31 Å². The fraction of sp³-hybridized carbons (Fsp3) is 0.333. The van der Waals surface area contributed by atoms with E-state index in [2.05, 4.69) is 25.2 Å². The quantitative estimate of drug-likeness (QED) is 0.918. The van der Waals surface area contributed by atoms with Crippen LogP contribution in [-0.2, 0) is 16.6 Å². The van der Waals surface area contributed by atoms with Crippen LogP contribution >= 0.6 is 11.3 Å². The highest BCUT2D eigenvalue weighted by Gasteiger charge is 2.16. The maximum atomic E-state index is 12.0. The molecule has 0 saturated heterocycles. The van der Waals surface area contributed by atoms with E-state index in [0.717, 1.165) is 12.2 Å². The molecule has 0 saturated carbocycles. The van der Waals surface area contributed by atoms with Gasteiger partial charge in [0.15, 0.2) is 0 Å². The molecule has 2 rings (SSSR count). The third kappa shape index (κ3) is 3.64. The van der Waals surface area contributed by atoms with Crippen LogP contribution in [0.1, 0.15) is 15.3 Å². The van der Waals surface area contributed by atoms with Crippen molar-refractivity contribution in [3.8, 4) is 0 Å². The molecule has 114 valence electrons. The smallest absolute Gasteiger partial charge is 0.242 e. The van der Waals surface area contributed by atoms with Crippen molar-refractivity contribution in [1.29, 1.82) is 0 Å². The van der Waals surface area contributed by atoms with Crippen LogP contribution in [0.15, 0.2) is 35.2 Å². The maximum absolute atomic E-state index is 12.0. The van der Waals surface area contributed by atoms with Gasteiger partial charge in [-0.1, -0.05) is 0 Å². The molecule has 21 heavy (non-hydrogen) atoms. The number of sulfonamides is 1. The van der Waals surface area contributed by atoms with E-state index < -0.39 is 10.0 Å². The topological polar surface area (TPSA) is 49.4 Å². The molecule has 1 aromatic carbocycles. The molecule has 4 nitrogen and oxygen atoms in total. The van der Waals surface area contributed by atoms with E-state index >= 15 is 0 Å². The largest absolute Gasteiger partial charge is 0.380 e. The number of benzene rings is 1. The van der Waals surface area contributed by atoms with Gasteiger partial charge in [-0.3, -0.25) is 0 Å². The lowest BCUT2D eigenvalue weighted by atomic mass is 10.3. The number of anilines is 1. The number of nitrogens with one attached hydrogen (secondary N) is 1. The van der Waals surface area contributed by atoms with Crippen molar-refractivity contribution < 1.29 is 8.42 Å². The zero-order chi connectivity index (χ0) is 15.6. The van der Waals surface area contributed by atoms with Crippen LogP contribution in [0.3, 0.4) is 0 Å². The average molecular weight is 324 g/mol. The Hall–Kier alpha value is -1.37. The minimum Gasteiger partial charge on any atom is -0.380 e. The first-order valence-electron chi connectivity index (χ1n) is 6.63. The van der Waals surface area contributed by atoms with Crippen molar-refractivity contribution in [3.63, 3.8) is 0 Å². The van der Waals surface area contributed by atoms with E-state index in [0.29, 0.717) is 4.90 Å². The molecule has 0 aliphatic heterocycles. The summed E-state index contributed by atoms with van der Waals surface area (Å²) in [6.07, 6.45) is 0. The summed E-state index contributed by atoms with van der Waals surface area (Å²) in [4.78, 5) is 2.91. The van der Waals surface area contributed by atoms with Crippen molar-refractivity contribution >= 4 is 27.0 Å². The van der Waals surface area contributed by atoms with Crippen molar-refractivity contribution in [3.05, 3.63) is 45.6 Å². The second-order valence-electron chi connectivity index (χ2n) is 5.12. The van der Waals surface area contributed by atoms with Gasteiger partial charge in [-0.05, 0) is 49.7 Å². The first-order valence-corrected chi connectivity index (χ1v) is 8.89. The second kappa shape index (κ2) is 6.17. The molecule has 2 aromatic rings. The molecule has 0 unspecified atom stereocenters. The molecule has 0 bridgehead atoms. The summed E-state index contributed by atoms with van der Waals surface area (Å²) in [7, 11) is -0.294. The van der Waals surface area contributed by atoms with Crippen LogP contribution in [0.2, 0.25) is 0 Å². The summed E-state index contributed by atoms with van der Waals surface area (Å²) in [6, 6.07) is 9.02. The van der Waals surface area contributed by atoms with E-state index in [1.807, 2.05) is 0 Å². The number of hydrogen-bond acceptors (Lipinski definition) is 4. The molecule has 0 aliphatic carbocycles. The molecule has 0 aliphatic rings. The highest BCUT2D eigenvalue weighted by molar-refractivity contribution is 7.89. The molecule has 1 N–H and O–H groups in total. The van der Waals surface area contributed by atoms with E-state index in [1.54, 1.807) is 35.6 Å². The lowest BCUT2D eigenvalue weighted by Gasteiger charge is -2.12. The van der Waals surface area contributed by atoms with Gasteiger partial charge in [0.1, 0.15) is 0 Å². The average Bonchev–Trinajstić information content (AvgIpc) is 2.76. The third-order valence-electron chi connectivity index (χ3n) is 3.32. The van der Waals surface area contributed by atoms with Crippen LogP contribution in [0, 0.1) is 13.8 Å². The van der Waals surface area contributed by atoms with Gasteiger partial charge in [0, 0.05) is 36.1 Å². The van der Waals surface area contributed by atoms with Gasteiger partial charge in [-0.25, -0.2) is 12.7 Å². The Labute approximate surface area is 130 Å². The summed E-state index contributed by atoms with van der Waals surface area (Å²) in [5, 5.41) is 3.31. The summed E-state index contributed by atoms with van der Waals surface area (Å²) in [6.45, 7) is 4.97. The molecular weight excluding hydrogens is 304 g/mol. The number of nitrogens with zero attached hydrogens (tertiary/aromatic N) is 1. The molecule has 0 amide bonds. The normalized spacial score (nSPS) is 11.9. The first kappa shape index (κ1) is 16.0. The van der Waals surface area contributed by atoms with Crippen LogP contribution in [0.5, 0.6) is 0 Å². The molecule has 0 radical (unpaired) electrons. The Morgan fingerprint density at radius 1 is 1.14 bits per heavy atom. The lowest BCUT2D eigenvalue weighted by Crippen LogP contribution is -2.22. The van der Waals surface area contributed by atoms with Gasteiger partial charge >= 0.3 is 0 Å². The van der Waals surface area contributed by atoms with Gasteiger partial charge in [-0.15, -0.1) is 11.3 Å². The first-order chi connectivity index (χ1) is 9.80. The van der Waals surface area contributed by atoms with Crippen LogP contribution in [-0.4, -0.2) is 26.8 Å². The molecule has 1 aromatic heterocycles. The van der Waals surface area contributed by atoms with E-state index in [9.17, 15) is 8.42 Å². The third-order valence-corrected chi connectivity index (χ3v) is 6.30. The van der Waals surface area contributed by atoms with Crippen LogP contribution < -0.4 is 5.32 Å². The zero-order valence-electron chi connectivity index (χ0n) is 12.7. The van der Waals surface area contributed by atoms with E-state index in [4.69, 9.17) is 0 Å². The van der Waals surface area contributed by atoms with Crippen molar-refractivity contribution in [2.24, 2.45) is 0 Å². The van der Waals surface area contributed by atoms with E-state index in [1.165, 1.54) is 33.7 Å². The number of hydrogen-bond donors (Lipinski definition) is 1. The number of aryl methyl sites for hydroxylation is 2. The predicted molar refractivity (Wildman–Crippen MR) is 88.4 cm³/mol. The van der Waals surface area contributed by atoms with Crippen molar-refractivity contribution in [2.75, 3.05) is 19.4 Å². The Bertz CT molecular complexity index is 697. The van der Waals surface area contributed by atoms with Gasteiger partial charge in [0.05, 0.1) is 4.90 Å². The summed E-state index contributed by atoms with van der Waals surface area (Å²) < 4.78 is 25.2. The Morgan fingerprint density at radius 2 is 1.76 bits per heavy atom. The Balaban J connectivity index is 2.06. The van der Waals surface area contributed by atoms with Gasteiger partial charge in [0.25, 0.3) is 0 Å². The van der Waals surface area contributed by atoms with Gasteiger partial charge in [0.2, 0.25) is 10.0 Å². The number of thiophene rings is 1. The highest BCUT2D eigenvalue weighted by Crippen LogP contribution is 2.22. The summed E-state index contributed by atoms with van der Waals surface area (Å²) >= 11 is 1.78. The molecule has 6 heteroatoms. The zero-order valence-corrected chi connectivity index (χ0v) is 14.3. The Kier molecular flexibility index (Phi) is 4.70. The summed E-state index contributed by atoms with van der Waals surface area (Å²) in [5.74, 6) is 0. The molecule has 0 atom stereocenters. The van der Waals surface area contributed by atoms with Crippen LogP contribution in [0.4, 0.5) is 5.69 Å². The SMILES string of the molecule is Cc1cc(CNc2ccc(S(=O)(=O)N(C)C)cc2)sc1C. The van der Waals surface area contributed by atoms with Crippen molar-refractivity contribution in [2.45, 2.75) is 25.3 Å². The molecule has 0 spiro atoms. The molecular formula is C15H20N2O2S2. The number of rotatable bonds is 5. The molecule has 0 fully saturated rings. The molecule has 1 heterocycles.